The predicted octanol–water partition coefficient (Wildman–Crippen LogP) is 1.48. The summed E-state index contributed by atoms with van der Waals surface area (Å²) in [6.07, 6.45) is 0. The van der Waals surface area contributed by atoms with Gasteiger partial charge in [-0.05, 0) is 25.1 Å². The molecule has 1 atom stereocenters. The number of carbonyl (C=O) groups is 3. The fourth-order valence-electron chi connectivity index (χ4n) is 3.00. The molecule has 0 spiro atoms. The Bertz CT molecular complexity index is 881. The van der Waals surface area contributed by atoms with Gasteiger partial charge in [0.2, 0.25) is 11.8 Å². The third-order valence-electron chi connectivity index (χ3n) is 4.39. The van der Waals surface area contributed by atoms with Gasteiger partial charge in [-0.1, -0.05) is 30.3 Å². The quantitative estimate of drug-likeness (QED) is 0.838. The van der Waals surface area contributed by atoms with Crippen LogP contribution in [0.25, 0.3) is 0 Å². The average molecular weight is 367 g/mol. The Morgan fingerprint density at radius 3 is 2.63 bits per heavy atom. The zero-order valence-electron chi connectivity index (χ0n) is 15.2. The molecule has 7 nitrogen and oxygen atoms in total. The van der Waals surface area contributed by atoms with Crippen LogP contribution in [0, 0.1) is 0 Å². The van der Waals surface area contributed by atoms with Crippen molar-refractivity contribution in [3.8, 4) is 5.75 Å². The van der Waals surface area contributed by atoms with Gasteiger partial charge in [0.1, 0.15) is 18.3 Å². The van der Waals surface area contributed by atoms with E-state index >= 15 is 0 Å². The van der Waals surface area contributed by atoms with Gasteiger partial charge in [0, 0.05) is 12.1 Å². The molecule has 27 heavy (non-hydrogen) atoms. The van der Waals surface area contributed by atoms with E-state index in [-0.39, 0.29) is 30.8 Å². The topological polar surface area (TPSA) is 87.7 Å². The normalized spacial score (nSPS) is 16.2. The summed E-state index contributed by atoms with van der Waals surface area (Å²) in [5.74, 6) is -0.313. The molecule has 2 aromatic rings. The number of nitrogens with zero attached hydrogens (tertiary/aromatic N) is 1. The van der Waals surface area contributed by atoms with Crippen molar-refractivity contribution < 1.29 is 19.1 Å². The van der Waals surface area contributed by atoms with E-state index < -0.39 is 6.04 Å². The molecule has 0 aromatic heterocycles. The van der Waals surface area contributed by atoms with Crippen molar-refractivity contribution >= 4 is 23.4 Å². The molecular formula is C20H21N3O4. The van der Waals surface area contributed by atoms with E-state index in [9.17, 15) is 14.4 Å². The molecule has 3 amide bonds. The molecule has 3 rings (SSSR count). The van der Waals surface area contributed by atoms with Crippen LogP contribution in [0.2, 0.25) is 0 Å². The summed E-state index contributed by atoms with van der Waals surface area (Å²) in [7, 11) is 1.57. The minimum Gasteiger partial charge on any atom is -0.496 e. The molecule has 0 aliphatic carbocycles. The summed E-state index contributed by atoms with van der Waals surface area (Å²) in [6, 6.07) is 13.4. The number of fused-ring (bicyclic) bond motifs is 1. The highest BCUT2D eigenvalue weighted by atomic mass is 16.5. The van der Waals surface area contributed by atoms with Crippen LogP contribution >= 0.6 is 0 Å². The smallest absolute Gasteiger partial charge is 0.254 e. The lowest BCUT2D eigenvalue weighted by atomic mass is 10.1. The third-order valence-corrected chi connectivity index (χ3v) is 4.39. The second-order valence-electron chi connectivity index (χ2n) is 6.23. The highest BCUT2D eigenvalue weighted by Gasteiger charge is 2.32. The van der Waals surface area contributed by atoms with Crippen molar-refractivity contribution in [2.75, 3.05) is 18.6 Å². The number of para-hydroxylation sites is 2. The van der Waals surface area contributed by atoms with E-state index in [4.69, 9.17) is 4.74 Å². The number of anilines is 1. The summed E-state index contributed by atoms with van der Waals surface area (Å²) >= 11 is 0. The van der Waals surface area contributed by atoms with Gasteiger partial charge in [0.25, 0.3) is 5.91 Å². The summed E-state index contributed by atoms with van der Waals surface area (Å²) < 4.78 is 5.27. The number of carbonyl (C=O) groups excluding carboxylic acids is 3. The lowest BCUT2D eigenvalue weighted by molar-refractivity contribution is -0.124. The number of amides is 3. The molecule has 0 saturated heterocycles. The first-order valence-corrected chi connectivity index (χ1v) is 8.61. The van der Waals surface area contributed by atoms with E-state index in [1.807, 2.05) is 24.3 Å². The number of hydrogen-bond donors (Lipinski definition) is 2. The highest BCUT2D eigenvalue weighted by Crippen LogP contribution is 2.24. The Hall–Kier alpha value is -3.35. The molecule has 7 heteroatoms. The summed E-state index contributed by atoms with van der Waals surface area (Å²) in [5.41, 5.74) is 1.63. The van der Waals surface area contributed by atoms with Gasteiger partial charge in [-0.15, -0.1) is 0 Å². The molecule has 2 aromatic carbocycles. The first kappa shape index (κ1) is 18.4. The standard InChI is InChI=1S/C20H21N3O4/c1-13-20(26)23(16-9-5-4-8-15(16)19(25)22-13)12-18(24)21-11-14-7-3-6-10-17(14)27-2/h3-10,13H,11-12H2,1-2H3,(H,21,24)(H,22,25)/t13-/m1/s1. The van der Waals surface area contributed by atoms with E-state index in [1.165, 1.54) is 4.90 Å². The van der Waals surface area contributed by atoms with Gasteiger partial charge in [-0.2, -0.15) is 0 Å². The third kappa shape index (κ3) is 3.92. The van der Waals surface area contributed by atoms with Crippen molar-refractivity contribution in [1.82, 2.24) is 10.6 Å². The molecule has 1 heterocycles. The summed E-state index contributed by atoms with van der Waals surface area (Å²) in [4.78, 5) is 38.8. The van der Waals surface area contributed by atoms with Gasteiger partial charge >= 0.3 is 0 Å². The van der Waals surface area contributed by atoms with Crippen LogP contribution in [0.15, 0.2) is 48.5 Å². The number of ether oxygens (including phenoxy) is 1. The Morgan fingerprint density at radius 1 is 1.15 bits per heavy atom. The Balaban J connectivity index is 1.76. The minimum atomic E-state index is -0.716. The molecule has 0 fully saturated rings. The van der Waals surface area contributed by atoms with Gasteiger partial charge in [-0.3, -0.25) is 14.4 Å². The minimum absolute atomic E-state index is 0.176. The van der Waals surface area contributed by atoms with Crippen LogP contribution in [-0.2, 0) is 16.1 Å². The SMILES string of the molecule is COc1ccccc1CNC(=O)CN1C(=O)[C@@H](C)NC(=O)c2ccccc21. The lowest BCUT2D eigenvalue weighted by Crippen LogP contribution is -2.47. The maximum Gasteiger partial charge on any atom is 0.254 e. The van der Waals surface area contributed by atoms with Gasteiger partial charge < -0.3 is 20.3 Å². The molecule has 0 saturated carbocycles. The van der Waals surface area contributed by atoms with Crippen LogP contribution in [0.1, 0.15) is 22.8 Å². The number of methoxy groups -OCH3 is 1. The molecule has 0 unspecified atom stereocenters. The Kier molecular flexibility index (Phi) is 5.40. The van der Waals surface area contributed by atoms with E-state index in [2.05, 4.69) is 10.6 Å². The largest absolute Gasteiger partial charge is 0.496 e. The van der Waals surface area contributed by atoms with Crippen LogP contribution in [-0.4, -0.2) is 37.4 Å². The molecule has 1 aliphatic rings. The van der Waals surface area contributed by atoms with E-state index in [0.29, 0.717) is 17.0 Å². The molecular weight excluding hydrogens is 346 g/mol. The maximum absolute atomic E-state index is 12.7. The zero-order valence-corrected chi connectivity index (χ0v) is 15.2. The second-order valence-corrected chi connectivity index (χ2v) is 6.23. The van der Waals surface area contributed by atoms with E-state index in [1.54, 1.807) is 38.3 Å². The van der Waals surface area contributed by atoms with Gasteiger partial charge in [0.05, 0.1) is 18.4 Å². The summed E-state index contributed by atoms with van der Waals surface area (Å²) in [5, 5.41) is 5.45. The van der Waals surface area contributed by atoms with Crippen LogP contribution in [0.4, 0.5) is 5.69 Å². The molecule has 0 bridgehead atoms. The number of benzene rings is 2. The molecule has 140 valence electrons. The van der Waals surface area contributed by atoms with E-state index in [0.717, 1.165) is 5.56 Å². The Labute approximate surface area is 157 Å². The average Bonchev–Trinajstić information content (AvgIpc) is 2.77. The van der Waals surface area contributed by atoms with Crippen molar-refractivity contribution in [2.45, 2.75) is 19.5 Å². The first-order valence-electron chi connectivity index (χ1n) is 8.61. The van der Waals surface area contributed by atoms with Crippen molar-refractivity contribution in [3.05, 3.63) is 59.7 Å². The molecule has 1 aliphatic heterocycles. The first-order chi connectivity index (χ1) is 13.0. The fourth-order valence-corrected chi connectivity index (χ4v) is 3.00. The fraction of sp³-hybridized carbons (Fsp3) is 0.250. The Morgan fingerprint density at radius 2 is 1.85 bits per heavy atom. The highest BCUT2D eigenvalue weighted by molar-refractivity contribution is 6.12. The number of rotatable bonds is 5. The van der Waals surface area contributed by atoms with Crippen LogP contribution in [0.5, 0.6) is 5.75 Å². The predicted molar refractivity (Wildman–Crippen MR) is 101 cm³/mol. The second kappa shape index (κ2) is 7.90. The number of hydrogen-bond acceptors (Lipinski definition) is 4. The van der Waals surface area contributed by atoms with Gasteiger partial charge in [0.15, 0.2) is 0 Å². The van der Waals surface area contributed by atoms with Crippen LogP contribution < -0.4 is 20.3 Å². The van der Waals surface area contributed by atoms with Gasteiger partial charge in [-0.25, -0.2) is 0 Å². The summed E-state index contributed by atoms with van der Waals surface area (Å²) in [6.45, 7) is 1.70. The number of nitrogens with one attached hydrogen (secondary N) is 2. The maximum atomic E-state index is 12.7. The van der Waals surface area contributed by atoms with Crippen molar-refractivity contribution in [1.29, 1.82) is 0 Å². The lowest BCUT2D eigenvalue weighted by Gasteiger charge is -2.23. The van der Waals surface area contributed by atoms with Crippen LogP contribution in [0.3, 0.4) is 0 Å². The van der Waals surface area contributed by atoms with Crippen molar-refractivity contribution in [3.63, 3.8) is 0 Å². The zero-order chi connectivity index (χ0) is 19.4. The molecule has 2 N–H and O–H groups in total. The monoisotopic (exact) mass is 367 g/mol. The van der Waals surface area contributed by atoms with Crippen molar-refractivity contribution in [2.24, 2.45) is 0 Å². The molecule has 0 radical (unpaired) electrons.